The van der Waals surface area contributed by atoms with Crippen LogP contribution in [0.3, 0.4) is 0 Å². The number of fused-ring (bicyclic) bond motifs is 1. The van der Waals surface area contributed by atoms with Crippen molar-refractivity contribution in [3.8, 4) is 0 Å². The number of nitrogens with zero attached hydrogens (tertiary/aromatic N) is 1. The van der Waals surface area contributed by atoms with E-state index in [1.54, 1.807) is 10.4 Å². The summed E-state index contributed by atoms with van der Waals surface area (Å²) >= 11 is 0. The highest BCUT2D eigenvalue weighted by Crippen LogP contribution is 2.23. The van der Waals surface area contributed by atoms with Crippen LogP contribution in [-0.4, -0.2) is 27.7 Å². The lowest BCUT2D eigenvalue weighted by molar-refractivity contribution is 0.785. The zero-order valence-corrected chi connectivity index (χ0v) is 11.8. The quantitative estimate of drug-likeness (QED) is 0.600. The monoisotopic (exact) mass is 221 g/mol. The van der Waals surface area contributed by atoms with Crippen LogP contribution in [0.25, 0.3) is 0 Å². The first-order chi connectivity index (χ1) is 6.38. The summed E-state index contributed by atoms with van der Waals surface area (Å²) < 4.78 is 2.73. The van der Waals surface area contributed by atoms with Crippen molar-refractivity contribution in [3.05, 3.63) is 24.3 Å². The molecule has 0 aromatic heterocycles. The largest absolute Gasteiger partial charge is 0.341 e. The number of benzene rings is 1. The van der Waals surface area contributed by atoms with Crippen LogP contribution in [0.1, 0.15) is 0 Å². The molecule has 0 amide bonds. The van der Waals surface area contributed by atoms with Crippen molar-refractivity contribution >= 4 is 26.8 Å². The van der Waals surface area contributed by atoms with Crippen LogP contribution in [-0.2, 0) is 0 Å². The predicted molar refractivity (Wildman–Crippen MR) is 68.4 cm³/mol. The summed E-state index contributed by atoms with van der Waals surface area (Å²) in [5, 5.41) is 3.33. The van der Waals surface area contributed by atoms with Crippen molar-refractivity contribution in [2.45, 2.75) is 26.2 Å². The minimum Gasteiger partial charge on any atom is -0.341 e. The molecule has 0 bridgehead atoms. The topological polar surface area (TPSA) is 3.24 Å². The van der Waals surface area contributed by atoms with Crippen molar-refractivity contribution < 1.29 is 0 Å². The number of rotatable bonds is 0. The molecule has 1 aliphatic heterocycles. The fraction of sp³-hybridized carbons (Fsp3) is 0.455. The summed E-state index contributed by atoms with van der Waals surface area (Å²) in [7, 11) is -0.277. The van der Waals surface area contributed by atoms with Crippen molar-refractivity contribution in [1.29, 1.82) is 0 Å². The fourth-order valence-electron chi connectivity index (χ4n) is 2.61. The third kappa shape index (κ3) is 1.09. The molecule has 0 saturated heterocycles. The van der Waals surface area contributed by atoms with E-state index in [0.717, 1.165) is 0 Å². The Balaban J connectivity index is 2.70. The van der Waals surface area contributed by atoms with Crippen LogP contribution in [0.4, 0.5) is 0 Å². The van der Waals surface area contributed by atoms with Gasteiger partial charge in [-0.2, -0.15) is 0 Å². The summed E-state index contributed by atoms with van der Waals surface area (Å²) in [5.74, 6) is 0. The van der Waals surface area contributed by atoms with Gasteiger partial charge in [0, 0.05) is 0 Å². The molecule has 0 spiro atoms. The smallest absolute Gasteiger partial charge is 0.147 e. The van der Waals surface area contributed by atoms with Gasteiger partial charge in [-0.15, -0.1) is 0 Å². The van der Waals surface area contributed by atoms with Crippen molar-refractivity contribution in [1.82, 2.24) is 4.23 Å². The van der Waals surface area contributed by atoms with E-state index in [0.29, 0.717) is 0 Å². The SMILES string of the molecule is CN1[Si](C)(C)c2ccccc2[Si]1(C)C. The van der Waals surface area contributed by atoms with Crippen LogP contribution in [0.15, 0.2) is 24.3 Å². The average Bonchev–Trinajstić information content (AvgIpc) is 2.28. The number of hydrogen-bond acceptors (Lipinski definition) is 1. The Morgan fingerprint density at radius 2 is 1.21 bits per heavy atom. The lowest BCUT2D eigenvalue weighted by Gasteiger charge is -2.35. The van der Waals surface area contributed by atoms with Gasteiger partial charge in [0.1, 0.15) is 16.5 Å². The molecule has 0 unspecified atom stereocenters. The Morgan fingerprint density at radius 3 is 1.57 bits per heavy atom. The number of hydrogen-bond donors (Lipinski definition) is 0. The average molecular weight is 221 g/mol. The molecule has 1 heterocycles. The third-order valence-electron chi connectivity index (χ3n) is 3.92. The maximum absolute atomic E-state index is 2.73. The minimum atomic E-state index is -1.30. The lowest BCUT2D eigenvalue weighted by Crippen LogP contribution is -2.57. The molecule has 0 fully saturated rings. The highest BCUT2D eigenvalue weighted by Gasteiger charge is 2.49. The summed E-state index contributed by atoms with van der Waals surface area (Å²) in [6.45, 7) is 9.86. The van der Waals surface area contributed by atoms with Gasteiger partial charge in [-0.1, -0.05) is 50.5 Å². The Kier molecular flexibility index (Phi) is 2.03. The Labute approximate surface area is 88.9 Å². The van der Waals surface area contributed by atoms with Crippen LogP contribution in [0.5, 0.6) is 0 Å². The predicted octanol–water partition coefficient (Wildman–Crippen LogP) is 1.46. The molecule has 76 valence electrons. The second-order valence-corrected chi connectivity index (χ2v) is 14.3. The molecule has 0 aliphatic carbocycles. The minimum absolute atomic E-state index is 1.30. The normalized spacial score (nSPS) is 23.5. The summed E-state index contributed by atoms with van der Waals surface area (Å²) in [4.78, 5) is 0. The van der Waals surface area contributed by atoms with Gasteiger partial charge < -0.3 is 4.23 Å². The van der Waals surface area contributed by atoms with Crippen molar-refractivity contribution in [3.63, 3.8) is 0 Å². The molecule has 2 rings (SSSR count). The highest BCUT2D eigenvalue weighted by molar-refractivity contribution is 7.10. The molecular formula is C11H19NSi2. The second-order valence-electron chi connectivity index (χ2n) is 5.22. The zero-order valence-electron chi connectivity index (χ0n) is 9.76. The molecule has 1 aromatic rings. The highest BCUT2D eigenvalue weighted by atomic mass is 28.4. The molecule has 1 aliphatic rings. The summed E-state index contributed by atoms with van der Waals surface area (Å²) in [5.41, 5.74) is 0. The van der Waals surface area contributed by atoms with Gasteiger partial charge in [-0.25, -0.2) is 0 Å². The molecule has 1 nitrogen and oxygen atoms in total. The van der Waals surface area contributed by atoms with Crippen molar-refractivity contribution in [2.24, 2.45) is 0 Å². The standard InChI is InChI=1S/C11H19NSi2/c1-12-13(2,3)10-8-6-7-9-11(10)14(12,4)5/h6-9H,1-5H3. The summed E-state index contributed by atoms with van der Waals surface area (Å²) in [6.07, 6.45) is 0. The molecule has 0 radical (unpaired) electrons. The molecule has 0 saturated carbocycles. The van der Waals surface area contributed by atoms with E-state index >= 15 is 0 Å². The molecule has 14 heavy (non-hydrogen) atoms. The molecule has 0 N–H and O–H groups in total. The van der Waals surface area contributed by atoms with E-state index in [1.165, 1.54) is 0 Å². The van der Waals surface area contributed by atoms with E-state index < -0.39 is 16.5 Å². The van der Waals surface area contributed by atoms with E-state index in [2.05, 4.69) is 61.7 Å². The lowest BCUT2D eigenvalue weighted by atomic mass is 10.4. The van der Waals surface area contributed by atoms with Gasteiger partial charge >= 0.3 is 0 Å². The maximum atomic E-state index is 2.73. The zero-order chi connectivity index (χ0) is 10.6. The van der Waals surface area contributed by atoms with E-state index in [9.17, 15) is 0 Å². The first kappa shape index (κ1) is 10.1. The van der Waals surface area contributed by atoms with Crippen LogP contribution in [0, 0.1) is 0 Å². The molecule has 0 atom stereocenters. The first-order valence-electron chi connectivity index (χ1n) is 5.22. The van der Waals surface area contributed by atoms with Gasteiger partial charge in [0.05, 0.1) is 0 Å². The third-order valence-corrected chi connectivity index (χ3v) is 14.4. The van der Waals surface area contributed by atoms with E-state index in [1.807, 2.05) is 0 Å². The summed E-state index contributed by atoms with van der Waals surface area (Å²) in [6, 6.07) is 9.08. The molecular weight excluding hydrogens is 202 g/mol. The van der Waals surface area contributed by atoms with E-state index in [-0.39, 0.29) is 0 Å². The fourth-order valence-corrected chi connectivity index (χ4v) is 14.0. The van der Waals surface area contributed by atoms with Gasteiger partial charge in [0.15, 0.2) is 0 Å². The Morgan fingerprint density at radius 1 is 0.857 bits per heavy atom. The van der Waals surface area contributed by atoms with Crippen LogP contribution >= 0.6 is 0 Å². The Hall–Kier alpha value is -0.386. The van der Waals surface area contributed by atoms with Crippen LogP contribution < -0.4 is 10.4 Å². The van der Waals surface area contributed by atoms with Crippen molar-refractivity contribution in [2.75, 3.05) is 7.05 Å². The molecule has 3 heteroatoms. The first-order valence-corrected chi connectivity index (χ1v) is 11.1. The van der Waals surface area contributed by atoms with Gasteiger partial charge in [0.2, 0.25) is 0 Å². The van der Waals surface area contributed by atoms with Crippen LogP contribution in [0.2, 0.25) is 26.2 Å². The molecule has 1 aromatic carbocycles. The second kappa shape index (κ2) is 2.81. The maximum Gasteiger partial charge on any atom is 0.147 e. The van der Waals surface area contributed by atoms with Gasteiger partial charge in [-0.3, -0.25) is 0 Å². The van der Waals surface area contributed by atoms with Gasteiger partial charge in [0.25, 0.3) is 0 Å². The Bertz CT molecular complexity index is 336. The van der Waals surface area contributed by atoms with Gasteiger partial charge in [-0.05, 0) is 17.4 Å². The van der Waals surface area contributed by atoms with E-state index in [4.69, 9.17) is 0 Å².